The van der Waals surface area contributed by atoms with Crippen LogP contribution in [-0.2, 0) is 4.74 Å². The highest BCUT2D eigenvalue weighted by molar-refractivity contribution is 4.96. The second-order valence-electron chi connectivity index (χ2n) is 7.98. The molecule has 21 heavy (non-hydrogen) atoms. The highest BCUT2D eigenvalue weighted by Gasteiger charge is 2.39. The molecule has 1 aliphatic carbocycles. The summed E-state index contributed by atoms with van der Waals surface area (Å²) in [6, 6.07) is 0. The summed E-state index contributed by atoms with van der Waals surface area (Å²) in [4.78, 5) is 2.60. The summed E-state index contributed by atoms with van der Waals surface area (Å²) in [5.41, 5.74) is 6.51. The van der Waals surface area contributed by atoms with Crippen LogP contribution in [0.15, 0.2) is 0 Å². The molecule has 1 saturated carbocycles. The van der Waals surface area contributed by atoms with Gasteiger partial charge >= 0.3 is 0 Å². The quantitative estimate of drug-likeness (QED) is 0.817. The maximum Gasteiger partial charge on any atom is 0.0506 e. The molecule has 3 atom stereocenters. The Morgan fingerprint density at radius 3 is 2.62 bits per heavy atom. The lowest BCUT2D eigenvalue weighted by molar-refractivity contribution is 0.000495. The number of likely N-dealkylation sites (N-methyl/N-ethyl adjacent to an activating group) is 1. The molecule has 2 fully saturated rings. The maximum absolute atomic E-state index is 6.26. The van der Waals surface area contributed by atoms with Gasteiger partial charge in [-0.2, -0.15) is 0 Å². The molecule has 0 aromatic rings. The molecule has 0 radical (unpaired) electrons. The molecule has 2 rings (SSSR count). The van der Waals surface area contributed by atoms with E-state index in [1.807, 2.05) is 0 Å². The van der Waals surface area contributed by atoms with E-state index < -0.39 is 0 Å². The van der Waals surface area contributed by atoms with Crippen molar-refractivity contribution in [2.75, 3.05) is 33.4 Å². The number of rotatable bonds is 6. The van der Waals surface area contributed by atoms with E-state index in [1.165, 1.54) is 44.9 Å². The van der Waals surface area contributed by atoms with Crippen molar-refractivity contribution in [3.63, 3.8) is 0 Å². The van der Waals surface area contributed by atoms with E-state index in [9.17, 15) is 0 Å². The average Bonchev–Trinajstić information content (AvgIpc) is 2.47. The van der Waals surface area contributed by atoms with Crippen LogP contribution in [0.4, 0.5) is 0 Å². The van der Waals surface area contributed by atoms with Crippen LogP contribution in [0.1, 0.15) is 58.8 Å². The van der Waals surface area contributed by atoms with Crippen LogP contribution in [0.25, 0.3) is 0 Å². The molecule has 0 aromatic heterocycles. The summed E-state index contributed by atoms with van der Waals surface area (Å²) < 4.78 is 5.65. The Morgan fingerprint density at radius 2 is 2.00 bits per heavy atom. The molecular formula is C18H36N2O. The predicted molar refractivity (Wildman–Crippen MR) is 89.4 cm³/mol. The van der Waals surface area contributed by atoms with Crippen molar-refractivity contribution in [1.29, 1.82) is 0 Å². The molecule has 2 N–H and O–H groups in total. The lowest BCUT2D eigenvalue weighted by Gasteiger charge is -2.48. The first-order chi connectivity index (χ1) is 10.1. The van der Waals surface area contributed by atoms with Crippen LogP contribution in [0, 0.1) is 17.8 Å². The molecule has 1 heterocycles. The van der Waals surface area contributed by atoms with Gasteiger partial charge in [-0.15, -0.1) is 0 Å². The minimum absolute atomic E-state index is 0.245. The third kappa shape index (κ3) is 4.67. The first-order valence-corrected chi connectivity index (χ1v) is 9.05. The molecule has 0 aromatic carbocycles. The van der Waals surface area contributed by atoms with Gasteiger partial charge in [0.1, 0.15) is 0 Å². The summed E-state index contributed by atoms with van der Waals surface area (Å²) >= 11 is 0. The molecule has 124 valence electrons. The second kappa shape index (κ2) is 7.94. The van der Waals surface area contributed by atoms with E-state index in [1.54, 1.807) is 0 Å². The number of ether oxygens (including phenoxy) is 1. The molecule has 1 saturated heterocycles. The van der Waals surface area contributed by atoms with Crippen LogP contribution < -0.4 is 5.73 Å². The normalized spacial score (nSPS) is 34.6. The fourth-order valence-corrected chi connectivity index (χ4v) is 4.55. The Morgan fingerprint density at radius 1 is 1.24 bits per heavy atom. The number of hydrogen-bond donors (Lipinski definition) is 1. The van der Waals surface area contributed by atoms with Crippen molar-refractivity contribution in [3.05, 3.63) is 0 Å². The highest BCUT2D eigenvalue weighted by atomic mass is 16.5. The fourth-order valence-electron chi connectivity index (χ4n) is 4.55. The molecule has 3 heteroatoms. The van der Waals surface area contributed by atoms with Crippen molar-refractivity contribution in [2.45, 2.75) is 64.3 Å². The van der Waals surface area contributed by atoms with Gasteiger partial charge < -0.3 is 10.5 Å². The lowest BCUT2D eigenvalue weighted by Crippen LogP contribution is -2.56. The van der Waals surface area contributed by atoms with Crippen LogP contribution in [0.3, 0.4) is 0 Å². The molecule has 1 aliphatic heterocycles. The predicted octanol–water partition coefficient (Wildman–Crippen LogP) is 3.28. The van der Waals surface area contributed by atoms with Gasteiger partial charge in [0.25, 0.3) is 0 Å². The van der Waals surface area contributed by atoms with E-state index in [0.717, 1.165) is 38.1 Å². The zero-order chi connectivity index (χ0) is 15.3. The first kappa shape index (κ1) is 17.2. The van der Waals surface area contributed by atoms with Crippen molar-refractivity contribution in [2.24, 2.45) is 23.5 Å². The minimum atomic E-state index is 0.245. The molecule has 0 amide bonds. The zero-order valence-corrected chi connectivity index (χ0v) is 14.4. The van der Waals surface area contributed by atoms with Gasteiger partial charge in [-0.25, -0.2) is 0 Å². The Labute approximate surface area is 131 Å². The molecule has 3 unspecified atom stereocenters. The number of nitrogens with zero attached hydrogens (tertiary/aromatic N) is 1. The number of nitrogens with two attached hydrogens (primary N) is 1. The minimum Gasteiger partial charge on any atom is -0.381 e. The van der Waals surface area contributed by atoms with Crippen LogP contribution >= 0.6 is 0 Å². The Balaban J connectivity index is 1.94. The van der Waals surface area contributed by atoms with E-state index in [-0.39, 0.29) is 5.54 Å². The summed E-state index contributed by atoms with van der Waals surface area (Å²) in [5.74, 6) is 2.38. The Bertz CT molecular complexity index is 302. The third-order valence-electron chi connectivity index (χ3n) is 5.70. The fraction of sp³-hybridized carbons (Fsp3) is 1.00. The zero-order valence-electron chi connectivity index (χ0n) is 14.4. The van der Waals surface area contributed by atoms with E-state index in [2.05, 4.69) is 25.8 Å². The van der Waals surface area contributed by atoms with Crippen molar-refractivity contribution < 1.29 is 4.74 Å². The van der Waals surface area contributed by atoms with Gasteiger partial charge in [0.15, 0.2) is 0 Å². The van der Waals surface area contributed by atoms with Gasteiger partial charge in [-0.05, 0) is 56.9 Å². The van der Waals surface area contributed by atoms with Crippen molar-refractivity contribution in [1.82, 2.24) is 4.90 Å². The molecule has 3 nitrogen and oxygen atoms in total. The van der Waals surface area contributed by atoms with Gasteiger partial charge in [-0.1, -0.05) is 26.7 Å². The van der Waals surface area contributed by atoms with Crippen molar-refractivity contribution >= 4 is 0 Å². The van der Waals surface area contributed by atoms with E-state index in [4.69, 9.17) is 10.5 Å². The van der Waals surface area contributed by atoms with Gasteiger partial charge in [0.05, 0.1) is 6.61 Å². The van der Waals surface area contributed by atoms with E-state index in [0.29, 0.717) is 5.92 Å². The van der Waals surface area contributed by atoms with Gasteiger partial charge in [0.2, 0.25) is 0 Å². The largest absolute Gasteiger partial charge is 0.381 e. The van der Waals surface area contributed by atoms with Crippen LogP contribution in [0.5, 0.6) is 0 Å². The molecule has 0 bridgehead atoms. The van der Waals surface area contributed by atoms with Crippen LogP contribution in [0.2, 0.25) is 0 Å². The SMILES string of the molecule is CC(C)CC1CCCC(CN)(N(C)CC2CCCOC2)C1. The highest BCUT2D eigenvalue weighted by Crippen LogP contribution is 2.39. The average molecular weight is 296 g/mol. The topological polar surface area (TPSA) is 38.5 Å². The Hall–Kier alpha value is -0.120. The van der Waals surface area contributed by atoms with Gasteiger partial charge in [0, 0.05) is 25.2 Å². The standard InChI is InChI=1S/C18H36N2O/c1-15(2)10-16-6-4-8-18(11-16,14-19)20(3)12-17-7-5-9-21-13-17/h15-17H,4-14,19H2,1-3H3. The monoisotopic (exact) mass is 296 g/mol. The summed E-state index contributed by atoms with van der Waals surface area (Å²) in [5, 5.41) is 0. The first-order valence-electron chi connectivity index (χ1n) is 9.05. The van der Waals surface area contributed by atoms with Gasteiger partial charge in [-0.3, -0.25) is 4.90 Å². The van der Waals surface area contributed by atoms with Crippen molar-refractivity contribution in [3.8, 4) is 0 Å². The third-order valence-corrected chi connectivity index (χ3v) is 5.70. The van der Waals surface area contributed by atoms with E-state index >= 15 is 0 Å². The summed E-state index contributed by atoms with van der Waals surface area (Å²) in [7, 11) is 2.30. The molecule has 0 spiro atoms. The molecule has 2 aliphatic rings. The number of hydrogen-bond acceptors (Lipinski definition) is 3. The molecular weight excluding hydrogens is 260 g/mol. The second-order valence-corrected chi connectivity index (χ2v) is 7.98. The Kier molecular flexibility index (Phi) is 6.51. The smallest absolute Gasteiger partial charge is 0.0506 e. The lowest BCUT2D eigenvalue weighted by atomic mass is 9.72. The summed E-state index contributed by atoms with van der Waals surface area (Å²) in [6.07, 6.45) is 9.24. The van der Waals surface area contributed by atoms with Crippen LogP contribution in [-0.4, -0.2) is 43.8 Å². The maximum atomic E-state index is 6.26. The summed E-state index contributed by atoms with van der Waals surface area (Å²) in [6.45, 7) is 8.57.